The zero-order chi connectivity index (χ0) is 14.3. The molecule has 0 saturated heterocycles. The molecule has 102 valence electrons. The van der Waals surface area contributed by atoms with Crippen molar-refractivity contribution in [2.45, 2.75) is 0 Å². The molecule has 0 saturated carbocycles. The Morgan fingerprint density at radius 3 is 2.80 bits per heavy atom. The Morgan fingerprint density at radius 2 is 2.25 bits per heavy atom. The first-order valence-corrected chi connectivity index (χ1v) is 6.72. The minimum atomic E-state index is -1.20. The fraction of sp³-hybridized carbons (Fsp3) is 0. The summed E-state index contributed by atoms with van der Waals surface area (Å²) in [5.41, 5.74) is 5.65. The highest BCUT2D eigenvalue weighted by Crippen LogP contribution is 2.34. The number of aromatic carboxylic acids is 1. The monoisotopic (exact) mass is 356 g/mol. The molecule has 0 unspecified atom stereocenters. The van der Waals surface area contributed by atoms with Crippen molar-refractivity contribution in [3.05, 3.63) is 21.6 Å². The number of nitrogens with two attached hydrogens (primary N) is 1. The molecule has 0 aromatic carbocycles. The van der Waals surface area contributed by atoms with Crippen LogP contribution in [0.5, 0.6) is 0 Å². The van der Waals surface area contributed by atoms with Crippen molar-refractivity contribution in [1.82, 2.24) is 25.3 Å². The molecule has 9 nitrogen and oxygen atoms in total. The zero-order valence-electron chi connectivity index (χ0n) is 9.52. The van der Waals surface area contributed by atoms with Crippen LogP contribution in [0.2, 0.25) is 0 Å². The van der Waals surface area contributed by atoms with Gasteiger partial charge in [-0.25, -0.2) is 9.42 Å². The van der Waals surface area contributed by atoms with Gasteiger partial charge in [0.05, 0.1) is 8.66 Å². The van der Waals surface area contributed by atoms with Gasteiger partial charge in [0.2, 0.25) is 11.6 Å². The summed E-state index contributed by atoms with van der Waals surface area (Å²) in [4.78, 5) is 11.9. The van der Waals surface area contributed by atoms with Gasteiger partial charge in [-0.15, -0.1) is 16.4 Å². The third-order valence-electron chi connectivity index (χ3n) is 2.38. The van der Waals surface area contributed by atoms with Crippen molar-refractivity contribution < 1.29 is 14.5 Å². The van der Waals surface area contributed by atoms with Crippen LogP contribution in [-0.2, 0) is 0 Å². The predicted molar refractivity (Wildman–Crippen MR) is 71.6 cm³/mol. The van der Waals surface area contributed by atoms with Crippen LogP contribution in [0.4, 0.5) is 5.82 Å². The van der Waals surface area contributed by atoms with Crippen molar-refractivity contribution in [3.63, 3.8) is 0 Å². The van der Waals surface area contributed by atoms with Crippen molar-refractivity contribution in [2.24, 2.45) is 0 Å². The largest absolute Gasteiger partial charge is 0.476 e. The molecular weight excluding hydrogens is 352 g/mol. The minimum Gasteiger partial charge on any atom is -0.476 e. The van der Waals surface area contributed by atoms with Crippen LogP contribution < -0.4 is 5.73 Å². The van der Waals surface area contributed by atoms with E-state index in [0.717, 1.165) is 3.79 Å². The molecule has 0 aliphatic carbocycles. The Kier molecular flexibility index (Phi) is 2.99. The number of rotatable bonds is 3. The lowest BCUT2D eigenvalue weighted by atomic mass is 10.2. The first kappa shape index (κ1) is 12.7. The summed E-state index contributed by atoms with van der Waals surface area (Å²) in [5.74, 6) is -1.13. The van der Waals surface area contributed by atoms with E-state index in [0.29, 0.717) is 4.88 Å². The highest BCUT2D eigenvalue weighted by molar-refractivity contribution is 9.11. The summed E-state index contributed by atoms with van der Waals surface area (Å²) in [6, 6.07) is 3.52. The number of hydrogen-bond donors (Lipinski definition) is 2. The molecule has 3 aromatic rings. The van der Waals surface area contributed by atoms with Gasteiger partial charge in [-0.1, -0.05) is 5.21 Å². The van der Waals surface area contributed by atoms with Crippen LogP contribution in [0.15, 0.2) is 20.5 Å². The van der Waals surface area contributed by atoms with E-state index in [9.17, 15) is 9.90 Å². The third kappa shape index (κ3) is 1.96. The van der Waals surface area contributed by atoms with Gasteiger partial charge < -0.3 is 10.8 Å². The number of hydrogen-bond acceptors (Lipinski definition) is 8. The number of carbonyl (C=O) groups is 1. The van der Waals surface area contributed by atoms with Crippen molar-refractivity contribution >= 4 is 39.1 Å². The molecule has 11 heteroatoms. The fourth-order valence-corrected chi connectivity index (χ4v) is 2.99. The molecular formula is C9H5BrN6O3S. The van der Waals surface area contributed by atoms with Gasteiger partial charge in [-0.3, -0.25) is 0 Å². The Morgan fingerprint density at radius 1 is 1.45 bits per heavy atom. The molecule has 20 heavy (non-hydrogen) atoms. The number of carboxylic acids is 1. The Bertz CT molecular complexity index is 793. The summed E-state index contributed by atoms with van der Waals surface area (Å²) in [7, 11) is 0. The normalized spacial score (nSPS) is 10.8. The van der Waals surface area contributed by atoms with E-state index in [1.807, 2.05) is 0 Å². The zero-order valence-corrected chi connectivity index (χ0v) is 11.9. The maximum Gasteiger partial charge on any atom is 0.358 e. The predicted octanol–water partition coefficient (Wildman–Crippen LogP) is 1.42. The molecule has 0 aliphatic heterocycles. The van der Waals surface area contributed by atoms with Crippen LogP contribution in [0.25, 0.3) is 16.4 Å². The van der Waals surface area contributed by atoms with Crippen LogP contribution in [-0.4, -0.2) is 36.4 Å². The Balaban J connectivity index is 2.27. The summed E-state index contributed by atoms with van der Waals surface area (Å²) < 4.78 is 6.52. The first-order chi connectivity index (χ1) is 9.58. The van der Waals surface area contributed by atoms with E-state index < -0.39 is 5.97 Å². The van der Waals surface area contributed by atoms with E-state index in [4.69, 9.17) is 5.73 Å². The van der Waals surface area contributed by atoms with Gasteiger partial charge in [-0.05, 0) is 38.4 Å². The quantitative estimate of drug-likeness (QED) is 0.719. The van der Waals surface area contributed by atoms with E-state index in [-0.39, 0.29) is 23.0 Å². The first-order valence-electron chi connectivity index (χ1n) is 5.11. The number of nitrogens with zero attached hydrogens (tertiary/aromatic N) is 5. The molecule has 3 rings (SSSR count). The van der Waals surface area contributed by atoms with Crippen molar-refractivity contribution in [1.29, 1.82) is 0 Å². The number of aromatic nitrogens is 5. The topological polar surface area (TPSA) is 133 Å². The number of thiophene rings is 1. The molecule has 0 atom stereocenters. The van der Waals surface area contributed by atoms with E-state index in [1.54, 1.807) is 12.1 Å². The van der Waals surface area contributed by atoms with Gasteiger partial charge in [0.1, 0.15) is 5.69 Å². The number of carboxylic acid groups (broad SMARTS) is 1. The van der Waals surface area contributed by atoms with Gasteiger partial charge >= 0.3 is 5.97 Å². The maximum atomic E-state index is 11.3. The SMILES string of the molecule is Nc1nonc1-n1nnc(C(=O)O)c1-c1ccc(Br)s1. The van der Waals surface area contributed by atoms with E-state index >= 15 is 0 Å². The molecule has 0 radical (unpaired) electrons. The Labute approximate surface area is 123 Å². The van der Waals surface area contributed by atoms with Crippen molar-refractivity contribution in [2.75, 3.05) is 5.73 Å². The fourth-order valence-electron chi connectivity index (χ4n) is 1.57. The number of anilines is 1. The van der Waals surface area contributed by atoms with Gasteiger partial charge in [0.25, 0.3) is 0 Å². The molecule has 3 N–H and O–H groups in total. The summed E-state index contributed by atoms with van der Waals surface area (Å²) in [6.07, 6.45) is 0. The molecule has 0 amide bonds. The molecule has 0 aliphatic rings. The molecule has 3 heterocycles. The summed E-state index contributed by atoms with van der Waals surface area (Å²) in [5, 5.41) is 23.6. The minimum absolute atomic E-state index is 0.0105. The molecule has 3 aromatic heterocycles. The average molecular weight is 357 g/mol. The Hall–Kier alpha value is -2.27. The van der Waals surface area contributed by atoms with E-state index in [1.165, 1.54) is 16.0 Å². The van der Waals surface area contributed by atoms with Crippen molar-refractivity contribution in [3.8, 4) is 16.4 Å². The standard InChI is InChI=1S/C9H5BrN6O3S/c10-4-2-1-3(20-4)6-5(9(17)18)12-15-16(6)8-7(11)13-19-14-8/h1-2H,(H2,11,13)(H,17,18). The maximum absolute atomic E-state index is 11.3. The number of nitrogen functional groups attached to an aromatic ring is 1. The lowest BCUT2D eigenvalue weighted by molar-refractivity contribution is 0.0691. The smallest absolute Gasteiger partial charge is 0.358 e. The van der Waals surface area contributed by atoms with Gasteiger partial charge in [0.15, 0.2) is 5.69 Å². The molecule has 0 spiro atoms. The summed E-state index contributed by atoms with van der Waals surface area (Å²) >= 11 is 4.64. The molecule has 0 bridgehead atoms. The second-order valence-electron chi connectivity index (χ2n) is 3.58. The molecule has 0 fully saturated rings. The highest BCUT2D eigenvalue weighted by atomic mass is 79.9. The van der Waals surface area contributed by atoms with Crippen LogP contribution >= 0.6 is 27.3 Å². The number of halogens is 1. The van der Waals surface area contributed by atoms with Crippen LogP contribution in [0.3, 0.4) is 0 Å². The average Bonchev–Trinajstić information content (AvgIpc) is 3.07. The second-order valence-corrected chi connectivity index (χ2v) is 6.04. The van der Waals surface area contributed by atoms with E-state index in [2.05, 4.69) is 41.2 Å². The van der Waals surface area contributed by atoms with Crippen LogP contribution in [0.1, 0.15) is 10.5 Å². The summed E-state index contributed by atoms with van der Waals surface area (Å²) in [6.45, 7) is 0. The lowest BCUT2D eigenvalue weighted by Gasteiger charge is -2.01. The third-order valence-corrected chi connectivity index (χ3v) is 4.01. The van der Waals surface area contributed by atoms with Gasteiger partial charge in [-0.2, -0.15) is 4.68 Å². The van der Waals surface area contributed by atoms with Crippen LogP contribution in [0, 0.1) is 0 Å². The van der Waals surface area contributed by atoms with Gasteiger partial charge in [0, 0.05) is 0 Å². The lowest BCUT2D eigenvalue weighted by Crippen LogP contribution is -2.04. The second kappa shape index (κ2) is 4.68. The highest BCUT2D eigenvalue weighted by Gasteiger charge is 2.25.